The van der Waals surface area contributed by atoms with Crippen LogP contribution >= 0.6 is 22.7 Å². The van der Waals surface area contributed by atoms with Crippen molar-refractivity contribution in [2.45, 2.75) is 155 Å². The van der Waals surface area contributed by atoms with Crippen molar-refractivity contribution in [1.82, 2.24) is 0 Å². The maximum absolute atomic E-state index is 2.55. The van der Waals surface area contributed by atoms with Gasteiger partial charge < -0.3 is 0 Å². The van der Waals surface area contributed by atoms with Crippen LogP contribution < -0.4 is 13.1 Å². The third-order valence-electron chi connectivity index (χ3n) is 8.94. The minimum atomic E-state index is -1.45. The number of unbranched alkanes of at least 4 members (excludes halogenated alkanes) is 18. The number of aryl methyl sites for hydroxylation is 2. The molecule has 41 heavy (non-hydrogen) atoms. The zero-order chi connectivity index (χ0) is 28.5. The van der Waals surface area contributed by atoms with Gasteiger partial charge in [-0.15, -0.1) is 0 Å². The van der Waals surface area contributed by atoms with E-state index in [0.717, 1.165) is 0 Å². The molecule has 0 unspecified atom stereocenters. The Hall–Kier alpha value is -0.822. The number of hydrogen-bond acceptors (Lipinski definition) is 2. The van der Waals surface area contributed by atoms with Gasteiger partial charge in [0.2, 0.25) is 0 Å². The van der Waals surface area contributed by atoms with Crippen LogP contribution in [0.3, 0.4) is 0 Å². The molecule has 226 valence electrons. The molecule has 0 atom stereocenters. The fraction of sp³-hybridized carbons (Fsp3) is 0.632. The van der Waals surface area contributed by atoms with Crippen LogP contribution in [-0.2, 0) is 12.8 Å². The Morgan fingerprint density at radius 3 is 1.22 bits per heavy atom. The first-order valence-electron chi connectivity index (χ1n) is 17.4. The van der Waals surface area contributed by atoms with Gasteiger partial charge in [-0.1, -0.05) is 26.7 Å². The summed E-state index contributed by atoms with van der Waals surface area (Å²) in [5, 5.41) is 5.10. The van der Waals surface area contributed by atoms with Gasteiger partial charge in [0.15, 0.2) is 0 Å². The fourth-order valence-corrected chi connectivity index (χ4v) is 16.8. The molecular weight excluding hydrogens is 595 g/mol. The number of thiophene rings is 2. The van der Waals surface area contributed by atoms with Crippen molar-refractivity contribution in [3.05, 3.63) is 52.2 Å². The molecule has 0 fully saturated rings. The minimum absolute atomic E-state index is 1.29. The summed E-state index contributed by atoms with van der Waals surface area (Å²) in [5.74, 6) is 0. The van der Waals surface area contributed by atoms with Crippen molar-refractivity contribution >= 4 is 50.4 Å². The average Bonchev–Trinajstić information content (AvgIpc) is 3.68. The predicted molar refractivity (Wildman–Crippen MR) is 190 cm³/mol. The molecule has 4 rings (SSSR count). The molecule has 1 aliphatic heterocycles. The first-order chi connectivity index (χ1) is 20.3. The Morgan fingerprint density at radius 1 is 0.463 bits per heavy atom. The standard InChI is InChI=1S/C38H57AsS2/c1-3-5-7-9-11-13-15-17-19-22-26-32-30-40-37-35(32)39(34-28-24-21-25-29-34)36-33(31-41-38(36)37)27-23-20-18-16-14-12-10-8-6-4-2/h21,24-25,28-31H,3-20,22-23,26-27H2,1-2H3. The Balaban J connectivity index is 1.29. The van der Waals surface area contributed by atoms with Gasteiger partial charge in [-0.2, -0.15) is 0 Å². The van der Waals surface area contributed by atoms with Gasteiger partial charge >= 0.3 is 241 Å². The molecule has 1 aliphatic rings. The number of hydrogen-bond donors (Lipinski definition) is 0. The molecule has 0 saturated carbocycles. The summed E-state index contributed by atoms with van der Waals surface area (Å²) >= 11 is 2.68. The predicted octanol–water partition coefficient (Wildman–Crippen LogP) is 11.2. The summed E-state index contributed by atoms with van der Waals surface area (Å²) in [6, 6.07) is 11.7. The zero-order valence-electron chi connectivity index (χ0n) is 26.4. The van der Waals surface area contributed by atoms with E-state index in [-0.39, 0.29) is 0 Å². The Kier molecular flexibility index (Phi) is 15.7. The van der Waals surface area contributed by atoms with Crippen LogP contribution in [-0.4, -0.2) is 14.7 Å². The van der Waals surface area contributed by atoms with Crippen LogP contribution in [0.15, 0.2) is 41.1 Å². The SMILES string of the molecule is CCCCCCCCCCCCc1csc2c1[As](c1ccccc1)c1c(CCCCCCCCCCCC)csc1-2. The van der Waals surface area contributed by atoms with Crippen molar-refractivity contribution < 1.29 is 0 Å². The number of rotatable bonds is 23. The fourth-order valence-electron chi connectivity index (χ4n) is 6.49. The van der Waals surface area contributed by atoms with Crippen LogP contribution in [0, 0.1) is 0 Å². The van der Waals surface area contributed by atoms with E-state index in [1.54, 1.807) is 25.2 Å². The van der Waals surface area contributed by atoms with E-state index in [4.69, 9.17) is 0 Å². The number of benzene rings is 1. The second kappa shape index (κ2) is 19.5. The summed E-state index contributed by atoms with van der Waals surface area (Å²) in [5.41, 5.74) is 3.42. The average molecular weight is 653 g/mol. The quantitative estimate of drug-likeness (QED) is 0.0552. The van der Waals surface area contributed by atoms with Gasteiger partial charge in [-0.05, 0) is 0 Å². The van der Waals surface area contributed by atoms with Crippen molar-refractivity contribution in [2.24, 2.45) is 0 Å². The third kappa shape index (κ3) is 10.1. The summed E-state index contributed by atoms with van der Waals surface area (Å²) in [6.07, 6.45) is 31.0. The maximum atomic E-state index is 2.55. The molecule has 1 aromatic carbocycles. The van der Waals surface area contributed by atoms with Crippen LogP contribution in [0.25, 0.3) is 9.75 Å². The molecule has 2 aromatic heterocycles. The van der Waals surface area contributed by atoms with Gasteiger partial charge in [0.25, 0.3) is 0 Å². The van der Waals surface area contributed by atoms with Crippen LogP contribution in [0.4, 0.5) is 0 Å². The van der Waals surface area contributed by atoms with Crippen LogP contribution in [0.5, 0.6) is 0 Å². The van der Waals surface area contributed by atoms with E-state index in [2.05, 4.69) is 77.6 Å². The molecule has 3 heterocycles. The van der Waals surface area contributed by atoms with E-state index in [1.807, 2.05) is 8.70 Å². The van der Waals surface area contributed by atoms with E-state index < -0.39 is 14.7 Å². The van der Waals surface area contributed by atoms with Gasteiger partial charge in [-0.3, -0.25) is 0 Å². The summed E-state index contributed by atoms with van der Waals surface area (Å²) in [4.78, 5) is 3.32. The second-order valence-electron chi connectivity index (χ2n) is 12.4. The molecular formula is C38H57AsS2. The van der Waals surface area contributed by atoms with Gasteiger partial charge in [-0.25, -0.2) is 0 Å². The first-order valence-corrected chi connectivity index (χ1v) is 22.0. The zero-order valence-corrected chi connectivity index (χ0v) is 29.9. The van der Waals surface area contributed by atoms with E-state index >= 15 is 0 Å². The molecule has 0 bridgehead atoms. The molecule has 0 amide bonds. The van der Waals surface area contributed by atoms with Crippen molar-refractivity contribution in [3.63, 3.8) is 0 Å². The monoisotopic (exact) mass is 652 g/mol. The molecule has 0 aliphatic carbocycles. The molecule has 3 aromatic rings. The van der Waals surface area contributed by atoms with Gasteiger partial charge in [0.1, 0.15) is 0 Å². The van der Waals surface area contributed by atoms with Gasteiger partial charge in [0.05, 0.1) is 0 Å². The van der Waals surface area contributed by atoms with Crippen molar-refractivity contribution in [2.75, 3.05) is 0 Å². The molecule has 0 N–H and O–H groups in total. The topological polar surface area (TPSA) is 0 Å². The van der Waals surface area contributed by atoms with Crippen molar-refractivity contribution in [3.8, 4) is 9.75 Å². The molecule has 0 radical (unpaired) electrons. The number of fused-ring (bicyclic) bond motifs is 3. The first kappa shape index (κ1) is 33.1. The summed E-state index contributed by atoms with van der Waals surface area (Å²) in [7, 11) is 0. The van der Waals surface area contributed by atoms with E-state index in [0.29, 0.717) is 0 Å². The molecule has 3 heteroatoms. The summed E-state index contributed by atoms with van der Waals surface area (Å²) < 4.78 is 5.28. The Morgan fingerprint density at radius 2 is 0.829 bits per heavy atom. The summed E-state index contributed by atoms with van der Waals surface area (Å²) in [6.45, 7) is 4.62. The Labute approximate surface area is 266 Å². The molecule has 0 nitrogen and oxygen atoms in total. The van der Waals surface area contributed by atoms with E-state index in [1.165, 1.54) is 141 Å². The van der Waals surface area contributed by atoms with Gasteiger partial charge in [0, 0.05) is 0 Å². The van der Waals surface area contributed by atoms with Crippen LogP contribution in [0.1, 0.15) is 153 Å². The van der Waals surface area contributed by atoms with E-state index in [9.17, 15) is 0 Å². The molecule has 0 saturated heterocycles. The Bertz CT molecular complexity index is 1030. The second-order valence-corrected chi connectivity index (χ2v) is 18.5. The third-order valence-corrected chi connectivity index (χ3v) is 17.6. The normalized spacial score (nSPS) is 12.7. The van der Waals surface area contributed by atoms with Crippen molar-refractivity contribution in [1.29, 1.82) is 0 Å². The molecule has 0 spiro atoms. The van der Waals surface area contributed by atoms with Crippen LogP contribution in [0.2, 0.25) is 0 Å².